The number of halogens is 1. The molecule has 0 aliphatic carbocycles. The molecular weight excluding hydrogens is 314 g/mol. The van der Waals surface area contributed by atoms with Crippen LogP contribution in [-0.2, 0) is 6.54 Å². The molecule has 0 saturated carbocycles. The third-order valence-electron chi connectivity index (χ3n) is 3.34. The highest BCUT2D eigenvalue weighted by Crippen LogP contribution is 2.37. The van der Waals surface area contributed by atoms with Crippen LogP contribution >= 0.6 is 22.9 Å². The fourth-order valence-corrected chi connectivity index (χ4v) is 3.67. The Labute approximate surface area is 138 Å². The molecule has 0 unspecified atom stereocenters. The zero-order chi connectivity index (χ0) is 15.7. The average molecular weight is 328 g/mol. The van der Waals surface area contributed by atoms with Crippen LogP contribution in [-0.4, -0.2) is 24.0 Å². The van der Waals surface area contributed by atoms with Crippen molar-refractivity contribution in [3.05, 3.63) is 52.7 Å². The van der Waals surface area contributed by atoms with Gasteiger partial charge in [0, 0.05) is 17.6 Å². The largest absolute Gasteiger partial charge is 0.305 e. The molecule has 2 aromatic heterocycles. The van der Waals surface area contributed by atoms with Gasteiger partial charge in [0.05, 0.1) is 20.8 Å². The SMILES string of the molecule is CN(C)Cc1ccc(-c2cc3ncc(C#N)c(Cl)c3s2)cc1. The minimum absolute atomic E-state index is 0.420. The first kappa shape index (κ1) is 15.0. The molecule has 2 heterocycles. The molecule has 0 aliphatic heterocycles. The molecule has 0 amide bonds. The second kappa shape index (κ2) is 6.05. The minimum Gasteiger partial charge on any atom is -0.305 e. The Morgan fingerprint density at radius 1 is 1.27 bits per heavy atom. The first-order valence-electron chi connectivity index (χ1n) is 6.80. The van der Waals surface area contributed by atoms with Gasteiger partial charge in [0.25, 0.3) is 0 Å². The molecule has 0 spiro atoms. The molecule has 5 heteroatoms. The molecule has 3 nitrogen and oxygen atoms in total. The van der Waals surface area contributed by atoms with Gasteiger partial charge in [0.1, 0.15) is 6.07 Å². The lowest BCUT2D eigenvalue weighted by Crippen LogP contribution is -2.10. The molecule has 22 heavy (non-hydrogen) atoms. The number of fused-ring (bicyclic) bond motifs is 1. The molecule has 1 aromatic carbocycles. The second-order valence-electron chi connectivity index (χ2n) is 5.36. The van der Waals surface area contributed by atoms with Crippen molar-refractivity contribution in [2.45, 2.75) is 6.54 Å². The van der Waals surface area contributed by atoms with Crippen LogP contribution in [0.15, 0.2) is 36.5 Å². The number of benzene rings is 1. The monoisotopic (exact) mass is 327 g/mol. The van der Waals surface area contributed by atoms with Crippen LogP contribution in [0.3, 0.4) is 0 Å². The number of pyridine rings is 1. The molecule has 0 atom stereocenters. The highest BCUT2D eigenvalue weighted by atomic mass is 35.5. The van der Waals surface area contributed by atoms with Gasteiger partial charge >= 0.3 is 0 Å². The molecule has 0 fully saturated rings. The van der Waals surface area contributed by atoms with Crippen molar-refractivity contribution >= 4 is 33.2 Å². The van der Waals surface area contributed by atoms with Crippen molar-refractivity contribution in [3.63, 3.8) is 0 Å². The molecule has 0 bridgehead atoms. The van der Waals surface area contributed by atoms with Gasteiger partial charge in [-0.25, -0.2) is 0 Å². The second-order valence-corrected chi connectivity index (χ2v) is 6.79. The molecule has 0 aliphatic rings. The summed E-state index contributed by atoms with van der Waals surface area (Å²) in [5.74, 6) is 0. The predicted molar refractivity (Wildman–Crippen MR) is 92.2 cm³/mol. The highest BCUT2D eigenvalue weighted by molar-refractivity contribution is 7.22. The minimum atomic E-state index is 0.420. The number of rotatable bonds is 3. The van der Waals surface area contributed by atoms with Crippen molar-refractivity contribution in [3.8, 4) is 16.5 Å². The van der Waals surface area contributed by atoms with E-state index in [0.29, 0.717) is 10.6 Å². The maximum Gasteiger partial charge on any atom is 0.102 e. The van der Waals surface area contributed by atoms with Gasteiger partial charge in [-0.1, -0.05) is 35.9 Å². The average Bonchev–Trinajstić information content (AvgIpc) is 2.93. The van der Waals surface area contributed by atoms with E-state index < -0.39 is 0 Å². The quantitative estimate of drug-likeness (QED) is 0.708. The van der Waals surface area contributed by atoms with E-state index in [2.05, 4.69) is 54.3 Å². The lowest BCUT2D eigenvalue weighted by Gasteiger charge is -2.09. The van der Waals surface area contributed by atoms with E-state index in [4.69, 9.17) is 16.9 Å². The zero-order valence-electron chi connectivity index (χ0n) is 12.3. The van der Waals surface area contributed by atoms with Gasteiger partial charge in [-0.2, -0.15) is 5.26 Å². The number of aromatic nitrogens is 1. The van der Waals surface area contributed by atoms with Crippen molar-refractivity contribution in [1.82, 2.24) is 9.88 Å². The molecule has 3 aromatic rings. The summed E-state index contributed by atoms with van der Waals surface area (Å²) in [5, 5.41) is 9.52. The van der Waals surface area contributed by atoms with Crippen LogP contribution in [0.25, 0.3) is 20.7 Å². The van der Waals surface area contributed by atoms with Crippen LogP contribution in [0.2, 0.25) is 5.02 Å². The van der Waals surface area contributed by atoms with E-state index in [0.717, 1.165) is 27.2 Å². The first-order chi connectivity index (χ1) is 10.6. The maximum atomic E-state index is 9.03. The van der Waals surface area contributed by atoms with Crippen LogP contribution in [0.1, 0.15) is 11.1 Å². The van der Waals surface area contributed by atoms with Gasteiger partial charge < -0.3 is 4.90 Å². The highest BCUT2D eigenvalue weighted by Gasteiger charge is 2.11. The molecule has 0 radical (unpaired) electrons. The van der Waals surface area contributed by atoms with Crippen molar-refractivity contribution < 1.29 is 0 Å². The number of nitriles is 1. The summed E-state index contributed by atoms with van der Waals surface area (Å²) in [6, 6.07) is 12.6. The normalized spacial score (nSPS) is 11.0. The van der Waals surface area contributed by atoms with E-state index in [1.807, 2.05) is 6.07 Å². The Morgan fingerprint density at radius 2 is 2.00 bits per heavy atom. The Balaban J connectivity index is 2.00. The molecule has 0 N–H and O–H groups in total. The lowest BCUT2D eigenvalue weighted by molar-refractivity contribution is 0.402. The van der Waals surface area contributed by atoms with Gasteiger partial charge in [-0.05, 0) is 31.3 Å². The number of hydrogen-bond donors (Lipinski definition) is 0. The fourth-order valence-electron chi connectivity index (χ4n) is 2.31. The van der Waals surface area contributed by atoms with E-state index in [1.165, 1.54) is 11.8 Å². The third-order valence-corrected chi connectivity index (χ3v) is 5.03. The summed E-state index contributed by atoms with van der Waals surface area (Å²) in [6.07, 6.45) is 1.53. The van der Waals surface area contributed by atoms with Crippen LogP contribution in [0.5, 0.6) is 0 Å². The standard InChI is InChI=1S/C17H14ClN3S/c1-21(2)10-11-3-5-12(6-4-11)15-7-14-17(22-15)16(18)13(8-19)9-20-14/h3-7,9H,10H2,1-2H3. The van der Waals surface area contributed by atoms with Crippen molar-refractivity contribution in [2.24, 2.45) is 0 Å². The van der Waals surface area contributed by atoms with E-state index >= 15 is 0 Å². The summed E-state index contributed by atoms with van der Waals surface area (Å²) in [7, 11) is 4.11. The number of thiophene rings is 1. The van der Waals surface area contributed by atoms with Crippen LogP contribution in [0, 0.1) is 11.3 Å². The molecular formula is C17H14ClN3S. The lowest BCUT2D eigenvalue weighted by atomic mass is 10.1. The zero-order valence-corrected chi connectivity index (χ0v) is 13.9. The summed E-state index contributed by atoms with van der Waals surface area (Å²) >= 11 is 7.84. The number of nitrogens with zero attached hydrogens (tertiary/aromatic N) is 3. The van der Waals surface area contributed by atoms with Gasteiger partial charge in [0.2, 0.25) is 0 Å². The Kier molecular flexibility index (Phi) is 4.12. The summed E-state index contributed by atoms with van der Waals surface area (Å²) in [5.41, 5.74) is 3.67. The molecule has 0 saturated heterocycles. The third kappa shape index (κ3) is 2.84. The molecule has 3 rings (SSSR count). The number of hydrogen-bond acceptors (Lipinski definition) is 4. The fraction of sp³-hybridized carbons (Fsp3) is 0.176. The predicted octanol–water partition coefficient (Wildman–Crippen LogP) is 4.55. The van der Waals surface area contributed by atoms with E-state index in [-0.39, 0.29) is 0 Å². The first-order valence-corrected chi connectivity index (χ1v) is 8.00. The topological polar surface area (TPSA) is 39.9 Å². The van der Waals surface area contributed by atoms with Crippen LogP contribution in [0.4, 0.5) is 0 Å². The van der Waals surface area contributed by atoms with E-state index in [1.54, 1.807) is 11.3 Å². The van der Waals surface area contributed by atoms with Gasteiger partial charge in [0.15, 0.2) is 0 Å². The van der Waals surface area contributed by atoms with Gasteiger partial charge in [-0.15, -0.1) is 11.3 Å². The van der Waals surface area contributed by atoms with Crippen molar-refractivity contribution in [1.29, 1.82) is 5.26 Å². The van der Waals surface area contributed by atoms with Crippen LogP contribution < -0.4 is 0 Å². The smallest absolute Gasteiger partial charge is 0.102 e. The van der Waals surface area contributed by atoms with Crippen molar-refractivity contribution in [2.75, 3.05) is 14.1 Å². The summed E-state index contributed by atoms with van der Waals surface area (Å²) < 4.78 is 0.869. The Morgan fingerprint density at radius 3 is 2.64 bits per heavy atom. The summed E-state index contributed by atoms with van der Waals surface area (Å²) in [6.45, 7) is 0.922. The molecule has 110 valence electrons. The van der Waals surface area contributed by atoms with E-state index in [9.17, 15) is 0 Å². The Hall–Kier alpha value is -1.93. The maximum absolute atomic E-state index is 9.03. The summed E-state index contributed by atoms with van der Waals surface area (Å²) in [4.78, 5) is 7.56. The van der Waals surface area contributed by atoms with Gasteiger partial charge in [-0.3, -0.25) is 4.98 Å². The Bertz CT molecular complexity index is 860.